The second-order valence-electron chi connectivity index (χ2n) is 7.80. The van der Waals surface area contributed by atoms with Crippen LogP contribution in [-0.4, -0.2) is 52.9 Å². The first kappa shape index (κ1) is 23.4. The van der Waals surface area contributed by atoms with Gasteiger partial charge in [0.2, 0.25) is 5.91 Å². The van der Waals surface area contributed by atoms with Gasteiger partial charge in [0.05, 0.1) is 25.0 Å². The molecule has 2 atom stereocenters. The quantitative estimate of drug-likeness (QED) is 0.687. The Labute approximate surface area is 183 Å². The highest BCUT2D eigenvalue weighted by atomic mass is 19.4. The number of aromatic amines is 1. The molecule has 0 bridgehead atoms. The van der Waals surface area contributed by atoms with E-state index >= 15 is 0 Å². The van der Waals surface area contributed by atoms with Gasteiger partial charge < -0.3 is 24.7 Å². The number of carbonyl (C=O) groups excluding carboxylic acids is 2. The molecule has 1 aliphatic heterocycles. The summed E-state index contributed by atoms with van der Waals surface area (Å²) in [6, 6.07) is 4.39. The predicted octanol–water partition coefficient (Wildman–Crippen LogP) is 4.02. The van der Waals surface area contributed by atoms with Gasteiger partial charge in [-0.2, -0.15) is 0 Å². The number of aromatic nitrogens is 2. The molecule has 8 nitrogen and oxygen atoms in total. The van der Waals surface area contributed by atoms with Gasteiger partial charge in [0.15, 0.2) is 0 Å². The Balaban J connectivity index is 1.76. The summed E-state index contributed by atoms with van der Waals surface area (Å²) in [5.74, 6) is -0.111. The number of nitrogens with one attached hydrogen (secondary N) is 2. The summed E-state index contributed by atoms with van der Waals surface area (Å²) in [7, 11) is 1.24. The molecule has 1 aromatic heterocycles. The molecule has 2 amide bonds. The van der Waals surface area contributed by atoms with Gasteiger partial charge in [0.25, 0.3) is 0 Å². The summed E-state index contributed by atoms with van der Waals surface area (Å²) in [4.78, 5) is 34.1. The monoisotopic (exact) mass is 454 g/mol. The number of nitrogens with zero attached hydrogens (tertiary/aromatic N) is 2. The number of hydrogen-bond acceptors (Lipinski definition) is 5. The first-order valence-electron chi connectivity index (χ1n) is 10.1. The van der Waals surface area contributed by atoms with Crippen LogP contribution >= 0.6 is 0 Å². The second kappa shape index (κ2) is 9.49. The lowest BCUT2D eigenvalue weighted by molar-refractivity contribution is -0.274. The van der Waals surface area contributed by atoms with Crippen molar-refractivity contribution in [1.29, 1.82) is 0 Å². The van der Waals surface area contributed by atoms with Gasteiger partial charge in [-0.15, -0.1) is 13.2 Å². The highest BCUT2D eigenvalue weighted by molar-refractivity contribution is 5.86. The zero-order valence-electron chi connectivity index (χ0n) is 17.9. The van der Waals surface area contributed by atoms with E-state index < -0.39 is 18.5 Å². The van der Waals surface area contributed by atoms with E-state index in [1.807, 2.05) is 13.8 Å². The summed E-state index contributed by atoms with van der Waals surface area (Å²) < 4.78 is 45.5. The lowest BCUT2D eigenvalue weighted by atomic mass is 10.0. The van der Waals surface area contributed by atoms with E-state index in [1.54, 1.807) is 11.1 Å². The van der Waals surface area contributed by atoms with Crippen LogP contribution in [0, 0.1) is 5.92 Å². The molecule has 2 N–H and O–H groups in total. The van der Waals surface area contributed by atoms with Crippen molar-refractivity contribution in [3.05, 3.63) is 36.3 Å². The Kier molecular flexibility index (Phi) is 6.95. The minimum Gasteiger partial charge on any atom is -0.453 e. The first-order chi connectivity index (χ1) is 15.1. The average molecular weight is 454 g/mol. The number of halogens is 3. The number of likely N-dealkylation sites (tertiary alicyclic amines) is 1. The van der Waals surface area contributed by atoms with Gasteiger partial charge in [-0.05, 0) is 48.6 Å². The van der Waals surface area contributed by atoms with E-state index in [4.69, 9.17) is 0 Å². The standard InChI is InChI=1S/C21H25F3N4O4/c1-12(2)17(27-20(30)31-3)19(29)28-10-4-5-16(28)18-25-11-15(26-18)13-6-8-14(9-7-13)32-21(22,23)24/h6-9,11-12,16-17H,4-5,10H2,1-3H3,(H,25,26)(H,27,30)/t16-,17-/m0/s1. The van der Waals surface area contributed by atoms with Crippen molar-refractivity contribution >= 4 is 12.0 Å². The molecule has 1 fully saturated rings. The molecular formula is C21H25F3N4O4. The number of carbonyl (C=O) groups is 2. The molecule has 0 saturated carbocycles. The van der Waals surface area contributed by atoms with E-state index in [9.17, 15) is 22.8 Å². The minimum atomic E-state index is -4.75. The number of alkyl carbamates (subject to hydrolysis) is 1. The molecule has 1 saturated heterocycles. The molecular weight excluding hydrogens is 429 g/mol. The third-order valence-electron chi connectivity index (χ3n) is 5.24. The number of methoxy groups -OCH3 is 1. The third kappa shape index (κ3) is 5.51. The highest BCUT2D eigenvalue weighted by Gasteiger charge is 2.37. The summed E-state index contributed by atoms with van der Waals surface area (Å²) in [5, 5.41) is 2.59. The first-order valence-corrected chi connectivity index (χ1v) is 10.1. The van der Waals surface area contributed by atoms with Crippen LogP contribution in [0.25, 0.3) is 11.3 Å². The molecule has 1 aliphatic rings. The fraction of sp³-hybridized carbons (Fsp3) is 0.476. The van der Waals surface area contributed by atoms with E-state index in [1.165, 1.54) is 31.4 Å². The van der Waals surface area contributed by atoms with Crippen LogP contribution in [0.3, 0.4) is 0 Å². The summed E-state index contributed by atoms with van der Waals surface area (Å²) in [6.07, 6.45) is -2.38. The van der Waals surface area contributed by atoms with Crippen LogP contribution in [0.2, 0.25) is 0 Å². The zero-order valence-corrected chi connectivity index (χ0v) is 17.9. The number of H-pyrrole nitrogens is 1. The SMILES string of the molecule is COC(=O)N[C@H](C(=O)N1CCC[C@H]1c1ncc(-c2ccc(OC(F)(F)F)cc2)[nH]1)C(C)C. The minimum absolute atomic E-state index is 0.146. The number of hydrogen-bond donors (Lipinski definition) is 2. The Hall–Kier alpha value is -3.24. The summed E-state index contributed by atoms with van der Waals surface area (Å²) in [5.41, 5.74) is 1.23. The number of alkyl halides is 3. The number of imidazole rings is 1. The Morgan fingerprint density at radius 1 is 1.25 bits per heavy atom. The Bertz CT molecular complexity index is 943. The van der Waals surface area contributed by atoms with Gasteiger partial charge in [-0.25, -0.2) is 9.78 Å². The van der Waals surface area contributed by atoms with Crippen molar-refractivity contribution in [2.75, 3.05) is 13.7 Å². The third-order valence-corrected chi connectivity index (χ3v) is 5.24. The van der Waals surface area contributed by atoms with Crippen LogP contribution in [0.15, 0.2) is 30.5 Å². The van der Waals surface area contributed by atoms with Crippen LogP contribution in [0.5, 0.6) is 5.75 Å². The number of ether oxygens (including phenoxy) is 2. The maximum atomic E-state index is 13.2. The topological polar surface area (TPSA) is 96.6 Å². The fourth-order valence-electron chi connectivity index (χ4n) is 3.68. The molecule has 0 aliphatic carbocycles. The summed E-state index contributed by atoms with van der Waals surface area (Å²) in [6.45, 7) is 4.19. The number of amides is 2. The van der Waals surface area contributed by atoms with Crippen LogP contribution in [0.4, 0.5) is 18.0 Å². The van der Waals surface area contributed by atoms with Gasteiger partial charge in [-0.3, -0.25) is 4.79 Å². The molecule has 2 heterocycles. The lowest BCUT2D eigenvalue weighted by Crippen LogP contribution is -2.51. The molecule has 32 heavy (non-hydrogen) atoms. The van der Waals surface area contributed by atoms with E-state index in [0.29, 0.717) is 30.0 Å². The number of benzene rings is 1. The van der Waals surface area contributed by atoms with Crippen molar-refractivity contribution in [2.24, 2.45) is 5.92 Å². The summed E-state index contributed by atoms with van der Waals surface area (Å²) >= 11 is 0. The van der Waals surface area contributed by atoms with Crippen molar-refractivity contribution in [1.82, 2.24) is 20.2 Å². The average Bonchev–Trinajstić information content (AvgIpc) is 3.39. The van der Waals surface area contributed by atoms with Gasteiger partial charge in [-0.1, -0.05) is 13.8 Å². The predicted molar refractivity (Wildman–Crippen MR) is 109 cm³/mol. The molecule has 0 unspecified atom stereocenters. The van der Waals surface area contributed by atoms with Gasteiger partial charge >= 0.3 is 12.5 Å². The molecule has 11 heteroatoms. The van der Waals surface area contributed by atoms with Crippen molar-refractivity contribution in [2.45, 2.75) is 45.1 Å². The largest absolute Gasteiger partial charge is 0.573 e. The van der Waals surface area contributed by atoms with Crippen molar-refractivity contribution in [3.63, 3.8) is 0 Å². The zero-order chi connectivity index (χ0) is 23.5. The van der Waals surface area contributed by atoms with E-state index in [0.717, 1.165) is 6.42 Å². The molecule has 0 spiro atoms. The fourth-order valence-corrected chi connectivity index (χ4v) is 3.68. The van der Waals surface area contributed by atoms with Gasteiger partial charge in [0, 0.05) is 6.54 Å². The molecule has 3 rings (SSSR count). The Morgan fingerprint density at radius 3 is 2.53 bits per heavy atom. The van der Waals surface area contributed by atoms with Crippen molar-refractivity contribution in [3.8, 4) is 17.0 Å². The molecule has 1 aromatic carbocycles. The van der Waals surface area contributed by atoms with Crippen molar-refractivity contribution < 1.29 is 32.2 Å². The maximum absolute atomic E-state index is 13.2. The smallest absolute Gasteiger partial charge is 0.453 e. The van der Waals surface area contributed by atoms with E-state index in [2.05, 4.69) is 24.8 Å². The molecule has 2 aromatic rings. The van der Waals surface area contributed by atoms with E-state index in [-0.39, 0.29) is 23.6 Å². The Morgan fingerprint density at radius 2 is 1.94 bits per heavy atom. The van der Waals surface area contributed by atoms with Gasteiger partial charge in [0.1, 0.15) is 17.6 Å². The normalized spacial score (nSPS) is 17.3. The van der Waals surface area contributed by atoms with Crippen LogP contribution in [0.1, 0.15) is 38.6 Å². The molecule has 174 valence electrons. The van der Waals surface area contributed by atoms with Crippen LogP contribution in [-0.2, 0) is 9.53 Å². The molecule has 0 radical (unpaired) electrons. The second-order valence-corrected chi connectivity index (χ2v) is 7.80. The maximum Gasteiger partial charge on any atom is 0.573 e. The lowest BCUT2D eigenvalue weighted by Gasteiger charge is -2.30. The number of rotatable bonds is 6. The highest BCUT2D eigenvalue weighted by Crippen LogP contribution is 2.33. The van der Waals surface area contributed by atoms with Crippen LogP contribution < -0.4 is 10.1 Å².